The first-order valence-corrected chi connectivity index (χ1v) is 10.1. The van der Waals surface area contributed by atoms with Crippen molar-refractivity contribution >= 4 is 29.2 Å². The van der Waals surface area contributed by atoms with Gasteiger partial charge in [-0.2, -0.15) is 18.3 Å². The highest BCUT2D eigenvalue weighted by atomic mass is 35.5. The van der Waals surface area contributed by atoms with E-state index < -0.39 is 29.6 Å². The number of aromatic nitrogens is 2. The van der Waals surface area contributed by atoms with Gasteiger partial charge in [0.25, 0.3) is 5.91 Å². The van der Waals surface area contributed by atoms with E-state index >= 15 is 0 Å². The van der Waals surface area contributed by atoms with Crippen LogP contribution in [0.3, 0.4) is 0 Å². The summed E-state index contributed by atoms with van der Waals surface area (Å²) in [7, 11) is 0. The SMILES string of the molecule is O=C(NCc1cc(C(F)(F)F)nn1-c1cccc(Cl)c1)Nc1ccc(C(=O)NCCO)c(F)c1. The number of nitrogens with zero attached hydrogens (tertiary/aromatic N) is 2. The molecule has 4 N–H and O–H groups in total. The van der Waals surface area contributed by atoms with Crippen LogP contribution in [0.4, 0.5) is 28.0 Å². The van der Waals surface area contributed by atoms with Gasteiger partial charge in [-0.1, -0.05) is 17.7 Å². The van der Waals surface area contributed by atoms with Crippen molar-refractivity contribution in [2.24, 2.45) is 0 Å². The average Bonchev–Trinajstić information content (AvgIpc) is 3.21. The van der Waals surface area contributed by atoms with Crippen molar-refractivity contribution in [3.63, 3.8) is 0 Å². The Labute approximate surface area is 195 Å². The quantitative estimate of drug-likeness (QED) is 0.371. The number of carbonyl (C=O) groups excluding carboxylic acids is 2. The largest absolute Gasteiger partial charge is 0.435 e. The van der Waals surface area contributed by atoms with Crippen LogP contribution in [-0.4, -0.2) is 40.0 Å². The van der Waals surface area contributed by atoms with Crippen LogP contribution in [0.25, 0.3) is 5.69 Å². The molecule has 3 amide bonds. The van der Waals surface area contributed by atoms with Crippen molar-refractivity contribution in [2.75, 3.05) is 18.5 Å². The van der Waals surface area contributed by atoms with Crippen LogP contribution in [0, 0.1) is 5.82 Å². The first-order valence-electron chi connectivity index (χ1n) is 9.74. The number of rotatable bonds is 7. The van der Waals surface area contributed by atoms with E-state index in [1.54, 1.807) is 12.1 Å². The van der Waals surface area contributed by atoms with E-state index in [9.17, 15) is 27.2 Å². The lowest BCUT2D eigenvalue weighted by atomic mass is 10.1. The molecule has 0 aliphatic rings. The van der Waals surface area contributed by atoms with Gasteiger partial charge in [0.2, 0.25) is 0 Å². The third-order valence-electron chi connectivity index (χ3n) is 4.43. The van der Waals surface area contributed by atoms with Crippen LogP contribution < -0.4 is 16.0 Å². The summed E-state index contributed by atoms with van der Waals surface area (Å²) >= 11 is 5.92. The molecular formula is C21H18ClF4N5O3. The van der Waals surface area contributed by atoms with E-state index in [0.717, 1.165) is 22.9 Å². The molecule has 2 aromatic carbocycles. The molecular weight excluding hydrogens is 482 g/mol. The third-order valence-corrected chi connectivity index (χ3v) is 4.66. The van der Waals surface area contributed by atoms with Gasteiger partial charge in [0.15, 0.2) is 5.69 Å². The van der Waals surface area contributed by atoms with Gasteiger partial charge in [0.1, 0.15) is 5.82 Å². The number of amides is 3. The van der Waals surface area contributed by atoms with Crippen molar-refractivity contribution in [3.8, 4) is 5.69 Å². The van der Waals surface area contributed by atoms with Crippen molar-refractivity contribution in [1.82, 2.24) is 20.4 Å². The number of halogens is 5. The number of aliphatic hydroxyl groups excluding tert-OH is 1. The number of carbonyl (C=O) groups is 2. The second-order valence-electron chi connectivity index (χ2n) is 6.89. The standard InChI is InChI=1S/C21H18ClF4N5O3/c22-12-2-1-3-14(8-12)31-15(10-18(30-31)21(24,25)26)11-28-20(34)29-13-4-5-16(17(23)9-13)19(33)27-6-7-32/h1-5,8-10,32H,6-7,11H2,(H,27,33)(H2,28,29,34). The number of urea groups is 1. The Balaban J connectivity index is 1.72. The predicted molar refractivity (Wildman–Crippen MR) is 115 cm³/mol. The zero-order valence-electron chi connectivity index (χ0n) is 17.3. The molecule has 0 saturated heterocycles. The van der Waals surface area contributed by atoms with Crippen LogP contribution in [0.2, 0.25) is 5.02 Å². The fourth-order valence-corrected chi connectivity index (χ4v) is 3.09. The Morgan fingerprint density at radius 3 is 2.50 bits per heavy atom. The van der Waals surface area contributed by atoms with Crippen LogP contribution in [-0.2, 0) is 12.7 Å². The lowest BCUT2D eigenvalue weighted by Gasteiger charge is -2.11. The number of nitrogens with one attached hydrogen (secondary N) is 3. The zero-order chi connectivity index (χ0) is 24.9. The highest BCUT2D eigenvalue weighted by molar-refractivity contribution is 6.30. The maximum atomic E-state index is 14.2. The molecule has 0 spiro atoms. The maximum absolute atomic E-state index is 14.2. The summed E-state index contributed by atoms with van der Waals surface area (Å²) in [5, 5.41) is 19.6. The summed E-state index contributed by atoms with van der Waals surface area (Å²) in [5.41, 5.74) is -1.15. The van der Waals surface area contributed by atoms with Gasteiger partial charge in [0.05, 0.1) is 30.1 Å². The Morgan fingerprint density at radius 1 is 1.09 bits per heavy atom. The second kappa shape index (κ2) is 10.5. The Morgan fingerprint density at radius 2 is 1.85 bits per heavy atom. The van der Waals surface area contributed by atoms with E-state index in [2.05, 4.69) is 21.0 Å². The van der Waals surface area contributed by atoms with E-state index in [1.807, 2.05) is 0 Å². The van der Waals surface area contributed by atoms with Gasteiger partial charge in [0, 0.05) is 17.3 Å². The molecule has 0 radical (unpaired) electrons. The number of hydrogen-bond donors (Lipinski definition) is 4. The van der Waals surface area contributed by atoms with E-state index in [0.29, 0.717) is 0 Å². The van der Waals surface area contributed by atoms with E-state index in [4.69, 9.17) is 16.7 Å². The maximum Gasteiger partial charge on any atom is 0.435 e. The Kier molecular flexibility index (Phi) is 7.74. The molecule has 0 saturated carbocycles. The topological polar surface area (TPSA) is 108 Å². The molecule has 8 nitrogen and oxygen atoms in total. The molecule has 3 rings (SSSR count). The summed E-state index contributed by atoms with van der Waals surface area (Å²) < 4.78 is 54.7. The smallest absolute Gasteiger partial charge is 0.395 e. The normalized spacial score (nSPS) is 11.2. The summed E-state index contributed by atoms with van der Waals surface area (Å²) in [6.45, 7) is -0.706. The summed E-state index contributed by atoms with van der Waals surface area (Å²) in [5.74, 6) is -1.65. The van der Waals surface area contributed by atoms with Crippen molar-refractivity contribution in [3.05, 3.63) is 76.3 Å². The molecule has 0 bridgehead atoms. The van der Waals surface area contributed by atoms with Gasteiger partial charge in [-0.15, -0.1) is 0 Å². The Bertz CT molecular complexity index is 1200. The molecule has 180 valence electrons. The average molecular weight is 500 g/mol. The highest BCUT2D eigenvalue weighted by Gasteiger charge is 2.35. The molecule has 34 heavy (non-hydrogen) atoms. The minimum atomic E-state index is -4.70. The summed E-state index contributed by atoms with van der Waals surface area (Å²) in [6.07, 6.45) is -4.70. The molecule has 1 heterocycles. The van der Waals surface area contributed by atoms with Gasteiger partial charge in [-0.05, 0) is 42.5 Å². The number of hydrogen-bond acceptors (Lipinski definition) is 4. The fourth-order valence-electron chi connectivity index (χ4n) is 2.90. The van der Waals surface area contributed by atoms with Crippen LogP contribution in [0.1, 0.15) is 21.7 Å². The summed E-state index contributed by atoms with van der Waals surface area (Å²) in [6, 6.07) is 9.29. The lowest BCUT2D eigenvalue weighted by Crippen LogP contribution is -2.29. The van der Waals surface area contributed by atoms with Gasteiger partial charge in [-0.25, -0.2) is 13.9 Å². The van der Waals surface area contributed by atoms with Crippen LogP contribution in [0.15, 0.2) is 48.5 Å². The second-order valence-corrected chi connectivity index (χ2v) is 7.33. The monoisotopic (exact) mass is 499 g/mol. The van der Waals surface area contributed by atoms with E-state index in [-0.39, 0.29) is 47.4 Å². The van der Waals surface area contributed by atoms with Gasteiger partial charge >= 0.3 is 12.2 Å². The van der Waals surface area contributed by atoms with Crippen molar-refractivity contribution in [1.29, 1.82) is 0 Å². The number of alkyl halides is 3. The molecule has 0 aliphatic heterocycles. The van der Waals surface area contributed by atoms with Crippen molar-refractivity contribution < 1.29 is 32.3 Å². The highest BCUT2D eigenvalue weighted by Crippen LogP contribution is 2.30. The number of benzene rings is 2. The molecule has 0 unspecified atom stereocenters. The molecule has 0 atom stereocenters. The molecule has 13 heteroatoms. The third kappa shape index (κ3) is 6.23. The first-order chi connectivity index (χ1) is 16.1. The lowest BCUT2D eigenvalue weighted by molar-refractivity contribution is -0.141. The van der Waals surface area contributed by atoms with Crippen LogP contribution in [0.5, 0.6) is 0 Å². The number of aliphatic hydroxyl groups is 1. The fraction of sp³-hybridized carbons (Fsp3) is 0.190. The Hall–Kier alpha value is -3.64. The van der Waals surface area contributed by atoms with Crippen LogP contribution >= 0.6 is 11.6 Å². The molecule has 0 aliphatic carbocycles. The predicted octanol–water partition coefficient (Wildman–Crippen LogP) is 3.73. The van der Waals surface area contributed by atoms with Gasteiger partial charge < -0.3 is 21.1 Å². The molecule has 3 aromatic rings. The summed E-state index contributed by atoms with van der Waals surface area (Å²) in [4.78, 5) is 24.0. The minimum Gasteiger partial charge on any atom is -0.395 e. The minimum absolute atomic E-state index is 0.00744. The molecule has 1 aromatic heterocycles. The first kappa shape index (κ1) is 25.0. The molecule has 0 fully saturated rings. The van der Waals surface area contributed by atoms with Gasteiger partial charge in [-0.3, -0.25) is 4.79 Å². The number of anilines is 1. The zero-order valence-corrected chi connectivity index (χ0v) is 18.0. The van der Waals surface area contributed by atoms with Crippen molar-refractivity contribution in [2.45, 2.75) is 12.7 Å². The van der Waals surface area contributed by atoms with E-state index in [1.165, 1.54) is 18.2 Å².